The lowest BCUT2D eigenvalue weighted by Gasteiger charge is -2.23. The maximum absolute atomic E-state index is 6.12. The number of rotatable bonds is 6. The molecule has 1 unspecified atom stereocenters. The van der Waals surface area contributed by atoms with Crippen molar-refractivity contribution in [1.82, 2.24) is 4.98 Å². The molecule has 20 heavy (non-hydrogen) atoms. The second kappa shape index (κ2) is 7.20. The van der Waals surface area contributed by atoms with Gasteiger partial charge in [0.1, 0.15) is 0 Å². The van der Waals surface area contributed by atoms with Gasteiger partial charge in [-0.1, -0.05) is 22.9 Å². The normalized spacial score (nSPS) is 12.4. The van der Waals surface area contributed by atoms with Gasteiger partial charge in [0.15, 0.2) is 0 Å². The minimum Gasteiger partial charge on any atom is -0.368 e. The highest BCUT2D eigenvalue weighted by Crippen LogP contribution is 2.26. The van der Waals surface area contributed by atoms with E-state index in [4.69, 9.17) is 5.73 Å². The molecule has 1 heterocycles. The second-order valence-corrected chi connectivity index (χ2v) is 6.62. The quantitative estimate of drug-likeness (QED) is 0.858. The Kier molecular flexibility index (Phi) is 5.57. The largest absolute Gasteiger partial charge is 0.368 e. The third-order valence-electron chi connectivity index (χ3n) is 3.34. The predicted octanol–water partition coefficient (Wildman–Crippen LogP) is 3.82. The van der Waals surface area contributed by atoms with Crippen molar-refractivity contribution in [3.05, 3.63) is 44.8 Å². The topological polar surface area (TPSA) is 42.1 Å². The molecule has 5 heteroatoms. The lowest BCUT2D eigenvalue weighted by Crippen LogP contribution is -2.24. The molecule has 0 saturated carbocycles. The van der Waals surface area contributed by atoms with Crippen molar-refractivity contribution in [2.45, 2.75) is 32.4 Å². The van der Waals surface area contributed by atoms with Crippen molar-refractivity contribution < 1.29 is 0 Å². The molecule has 0 fully saturated rings. The molecule has 2 rings (SSSR count). The first-order valence-electron chi connectivity index (χ1n) is 6.72. The second-order valence-electron chi connectivity index (χ2n) is 4.98. The van der Waals surface area contributed by atoms with Crippen LogP contribution in [0.5, 0.6) is 0 Å². The Labute approximate surface area is 133 Å². The number of benzene rings is 1. The van der Waals surface area contributed by atoms with Crippen LogP contribution in [-0.4, -0.2) is 18.1 Å². The summed E-state index contributed by atoms with van der Waals surface area (Å²) < 4.78 is 1.10. The molecule has 2 aromatic rings. The lowest BCUT2D eigenvalue weighted by atomic mass is 10.0. The number of nitrogens with zero attached hydrogens (tertiary/aromatic N) is 2. The van der Waals surface area contributed by atoms with Crippen LogP contribution in [0.1, 0.15) is 24.6 Å². The van der Waals surface area contributed by atoms with Crippen LogP contribution in [0.2, 0.25) is 0 Å². The Bertz CT molecular complexity index is 542. The molecular formula is C15H20BrN3S. The molecule has 0 bridgehead atoms. The zero-order valence-electron chi connectivity index (χ0n) is 11.8. The van der Waals surface area contributed by atoms with Gasteiger partial charge in [0.05, 0.1) is 17.7 Å². The van der Waals surface area contributed by atoms with Crippen LogP contribution in [-0.2, 0) is 13.0 Å². The molecule has 2 N–H and O–H groups in total. The fraction of sp³-hybridized carbons (Fsp3) is 0.400. The Morgan fingerprint density at radius 3 is 2.90 bits per heavy atom. The first-order chi connectivity index (χ1) is 9.60. The minimum absolute atomic E-state index is 0.204. The molecule has 108 valence electrons. The third-order valence-corrected chi connectivity index (χ3v) is 4.47. The average Bonchev–Trinajstić information content (AvgIpc) is 2.91. The summed E-state index contributed by atoms with van der Waals surface area (Å²) in [6, 6.07) is 6.60. The minimum atomic E-state index is 0.204. The summed E-state index contributed by atoms with van der Waals surface area (Å²) in [5.41, 5.74) is 11.6. The zero-order chi connectivity index (χ0) is 14.5. The molecule has 0 radical (unpaired) electrons. The number of anilines is 1. The highest BCUT2D eigenvalue weighted by molar-refractivity contribution is 9.10. The van der Waals surface area contributed by atoms with E-state index >= 15 is 0 Å². The number of thiazole rings is 1. The molecule has 1 atom stereocenters. The highest BCUT2D eigenvalue weighted by atomic mass is 79.9. The summed E-state index contributed by atoms with van der Waals surface area (Å²) in [6.07, 6.45) is 1.88. The number of halogens is 1. The van der Waals surface area contributed by atoms with E-state index in [0.29, 0.717) is 0 Å². The first-order valence-corrected chi connectivity index (χ1v) is 8.46. The van der Waals surface area contributed by atoms with Crippen molar-refractivity contribution in [2.75, 3.05) is 11.9 Å². The zero-order valence-corrected chi connectivity index (χ0v) is 14.2. The summed E-state index contributed by atoms with van der Waals surface area (Å²) in [7, 11) is 2.10. The Morgan fingerprint density at radius 2 is 2.25 bits per heavy atom. The van der Waals surface area contributed by atoms with E-state index in [0.717, 1.165) is 29.6 Å². The Morgan fingerprint density at radius 1 is 1.45 bits per heavy atom. The van der Waals surface area contributed by atoms with Crippen LogP contribution in [0.15, 0.2) is 33.6 Å². The van der Waals surface area contributed by atoms with Crippen molar-refractivity contribution in [3.63, 3.8) is 0 Å². The molecule has 0 aliphatic rings. The summed E-state index contributed by atoms with van der Waals surface area (Å²) >= 11 is 5.18. The van der Waals surface area contributed by atoms with Gasteiger partial charge in [-0.25, -0.2) is 4.98 Å². The Hall–Kier alpha value is -0.910. The van der Waals surface area contributed by atoms with Crippen molar-refractivity contribution in [2.24, 2.45) is 5.73 Å². The molecule has 0 spiro atoms. The lowest BCUT2D eigenvalue weighted by molar-refractivity contribution is 0.645. The van der Waals surface area contributed by atoms with Crippen LogP contribution in [0.25, 0.3) is 0 Å². The van der Waals surface area contributed by atoms with Gasteiger partial charge in [-0.05, 0) is 36.6 Å². The molecule has 0 amide bonds. The molecule has 3 nitrogen and oxygen atoms in total. The van der Waals surface area contributed by atoms with E-state index in [1.54, 1.807) is 11.3 Å². The summed E-state index contributed by atoms with van der Waals surface area (Å²) in [4.78, 5) is 6.58. The number of hydrogen-bond acceptors (Lipinski definition) is 4. The van der Waals surface area contributed by atoms with Gasteiger partial charge in [-0.15, -0.1) is 11.3 Å². The summed E-state index contributed by atoms with van der Waals surface area (Å²) in [6.45, 7) is 2.95. The van der Waals surface area contributed by atoms with Gasteiger partial charge in [0.25, 0.3) is 0 Å². The fourth-order valence-corrected chi connectivity index (χ4v) is 3.12. The van der Waals surface area contributed by atoms with Gasteiger partial charge in [0, 0.05) is 28.6 Å². The molecule has 1 aromatic carbocycles. The Balaban J connectivity index is 2.20. The van der Waals surface area contributed by atoms with E-state index < -0.39 is 0 Å². The van der Waals surface area contributed by atoms with Crippen molar-refractivity contribution in [1.29, 1.82) is 0 Å². The fourth-order valence-electron chi connectivity index (χ4n) is 2.16. The van der Waals surface area contributed by atoms with Crippen LogP contribution < -0.4 is 10.6 Å². The summed E-state index contributed by atoms with van der Waals surface area (Å²) in [5.74, 6) is 0. The van der Waals surface area contributed by atoms with Gasteiger partial charge in [0.2, 0.25) is 0 Å². The first kappa shape index (κ1) is 15.5. The molecule has 0 saturated heterocycles. The van der Waals surface area contributed by atoms with Crippen molar-refractivity contribution >= 4 is 33.0 Å². The van der Waals surface area contributed by atoms with Crippen LogP contribution in [0.4, 0.5) is 5.69 Å². The van der Waals surface area contributed by atoms with E-state index in [-0.39, 0.29) is 6.04 Å². The standard InChI is InChI=1S/C15H20BrN3S/c1-3-13(17)7-11-6-12(16)4-5-15(11)19(2)8-14-9-20-10-18-14/h4-6,9-10,13H,3,7-8,17H2,1-2H3. The van der Waals surface area contributed by atoms with Gasteiger partial charge in [-0.3, -0.25) is 0 Å². The third kappa shape index (κ3) is 4.04. The monoisotopic (exact) mass is 353 g/mol. The SMILES string of the molecule is CCC(N)Cc1cc(Br)ccc1N(C)Cc1cscn1. The van der Waals surface area contributed by atoms with Gasteiger partial charge in [-0.2, -0.15) is 0 Å². The van der Waals surface area contributed by atoms with Crippen LogP contribution in [0.3, 0.4) is 0 Å². The highest BCUT2D eigenvalue weighted by Gasteiger charge is 2.12. The summed E-state index contributed by atoms with van der Waals surface area (Å²) in [5, 5.41) is 2.09. The molecular weight excluding hydrogens is 334 g/mol. The number of nitrogens with two attached hydrogens (primary N) is 1. The van der Waals surface area contributed by atoms with Gasteiger partial charge < -0.3 is 10.6 Å². The average molecular weight is 354 g/mol. The molecule has 0 aliphatic heterocycles. The van der Waals surface area contributed by atoms with Crippen LogP contribution in [0, 0.1) is 0 Å². The van der Waals surface area contributed by atoms with Crippen molar-refractivity contribution in [3.8, 4) is 0 Å². The van der Waals surface area contributed by atoms with E-state index in [9.17, 15) is 0 Å². The van der Waals surface area contributed by atoms with E-state index in [1.807, 2.05) is 5.51 Å². The maximum Gasteiger partial charge on any atom is 0.0795 e. The van der Waals surface area contributed by atoms with Gasteiger partial charge >= 0.3 is 0 Å². The smallest absolute Gasteiger partial charge is 0.0795 e. The molecule has 0 aliphatic carbocycles. The number of aromatic nitrogens is 1. The maximum atomic E-state index is 6.12. The van der Waals surface area contributed by atoms with Crippen LogP contribution >= 0.6 is 27.3 Å². The number of hydrogen-bond donors (Lipinski definition) is 1. The molecule has 1 aromatic heterocycles. The van der Waals surface area contributed by atoms with E-state index in [2.05, 4.69) is 63.4 Å². The predicted molar refractivity (Wildman–Crippen MR) is 90.3 cm³/mol. The van der Waals surface area contributed by atoms with E-state index in [1.165, 1.54) is 11.3 Å².